The molecule has 8 heteroatoms. The van der Waals surface area contributed by atoms with Gasteiger partial charge in [-0.05, 0) is 25.0 Å². The molecule has 5 nitrogen and oxygen atoms in total. The number of rotatable bonds is 4. The Bertz CT molecular complexity index is 417. The number of piperidine rings is 1. The van der Waals surface area contributed by atoms with E-state index in [9.17, 15) is 13.2 Å². The van der Waals surface area contributed by atoms with Crippen molar-refractivity contribution in [1.82, 2.24) is 10.2 Å². The second-order valence-corrected chi connectivity index (χ2v) is 4.56. The van der Waals surface area contributed by atoms with Crippen LogP contribution in [0.1, 0.15) is 18.5 Å². The number of halogens is 3. The number of hydrogen-bond acceptors (Lipinski definition) is 5. The van der Waals surface area contributed by atoms with Gasteiger partial charge in [-0.3, -0.25) is 0 Å². The van der Waals surface area contributed by atoms with Crippen LogP contribution in [0.5, 0.6) is 0 Å². The predicted molar refractivity (Wildman–Crippen MR) is 65.3 cm³/mol. The number of anilines is 1. The molecular formula is C12H16F3N3O2. The highest BCUT2D eigenvalue weighted by Crippen LogP contribution is 2.28. The lowest BCUT2D eigenvalue weighted by atomic mass is 10.1. The summed E-state index contributed by atoms with van der Waals surface area (Å²) in [6.07, 6.45) is -2.87. The maximum atomic E-state index is 12.4. The van der Waals surface area contributed by atoms with Gasteiger partial charge in [-0.25, -0.2) is 0 Å². The smallest absolute Gasteiger partial charge is 0.394 e. The van der Waals surface area contributed by atoms with Crippen LogP contribution in [0.25, 0.3) is 0 Å². The van der Waals surface area contributed by atoms with Crippen molar-refractivity contribution in [3.8, 4) is 0 Å². The normalized spacial score (nSPS) is 17.5. The average molecular weight is 291 g/mol. The van der Waals surface area contributed by atoms with Crippen LogP contribution < -0.4 is 4.90 Å². The van der Waals surface area contributed by atoms with Gasteiger partial charge in [0.2, 0.25) is 0 Å². The Hall–Kier alpha value is -1.41. The molecule has 1 aromatic rings. The van der Waals surface area contributed by atoms with Crippen LogP contribution in [0.2, 0.25) is 0 Å². The minimum absolute atomic E-state index is 0.00933. The van der Waals surface area contributed by atoms with Gasteiger partial charge < -0.3 is 14.7 Å². The predicted octanol–water partition coefficient (Wildman–Crippen LogP) is 1.47. The van der Waals surface area contributed by atoms with Gasteiger partial charge in [-0.2, -0.15) is 13.2 Å². The molecule has 1 aliphatic rings. The number of aliphatic hydroxyl groups is 1. The Balaban J connectivity index is 1.90. The third-order valence-corrected chi connectivity index (χ3v) is 3.15. The summed E-state index contributed by atoms with van der Waals surface area (Å²) >= 11 is 0. The maximum Gasteiger partial charge on any atom is 0.435 e. The van der Waals surface area contributed by atoms with E-state index in [0.29, 0.717) is 25.5 Å². The Morgan fingerprint density at radius 3 is 2.45 bits per heavy atom. The van der Waals surface area contributed by atoms with E-state index in [1.54, 1.807) is 0 Å². The maximum absolute atomic E-state index is 12.4. The third-order valence-electron chi connectivity index (χ3n) is 3.15. The van der Waals surface area contributed by atoms with Crippen LogP contribution in [-0.4, -0.2) is 47.7 Å². The van der Waals surface area contributed by atoms with E-state index in [1.165, 1.54) is 6.07 Å². The van der Waals surface area contributed by atoms with Gasteiger partial charge in [-0.15, -0.1) is 10.2 Å². The lowest BCUT2D eigenvalue weighted by Crippen LogP contribution is -2.38. The van der Waals surface area contributed by atoms with Crippen molar-refractivity contribution in [2.24, 2.45) is 0 Å². The number of alkyl halides is 3. The molecule has 0 aliphatic carbocycles. The van der Waals surface area contributed by atoms with Gasteiger partial charge in [0.05, 0.1) is 19.3 Å². The first-order valence-electron chi connectivity index (χ1n) is 6.39. The van der Waals surface area contributed by atoms with E-state index in [2.05, 4.69) is 10.2 Å². The van der Waals surface area contributed by atoms with Crippen molar-refractivity contribution in [2.45, 2.75) is 25.1 Å². The molecule has 0 amide bonds. The van der Waals surface area contributed by atoms with Crippen LogP contribution >= 0.6 is 0 Å². The van der Waals surface area contributed by atoms with Crippen molar-refractivity contribution < 1.29 is 23.0 Å². The van der Waals surface area contributed by atoms with Crippen molar-refractivity contribution in [2.75, 3.05) is 31.2 Å². The number of aliphatic hydroxyl groups excluding tert-OH is 1. The zero-order valence-corrected chi connectivity index (χ0v) is 10.8. The molecule has 1 aliphatic heterocycles. The summed E-state index contributed by atoms with van der Waals surface area (Å²) in [4.78, 5) is 1.88. The lowest BCUT2D eigenvalue weighted by Gasteiger charge is -2.32. The second-order valence-electron chi connectivity index (χ2n) is 4.56. The van der Waals surface area contributed by atoms with Crippen molar-refractivity contribution in [3.63, 3.8) is 0 Å². The van der Waals surface area contributed by atoms with Crippen molar-refractivity contribution >= 4 is 5.82 Å². The average Bonchev–Trinajstić information content (AvgIpc) is 2.45. The van der Waals surface area contributed by atoms with E-state index in [0.717, 1.165) is 18.9 Å². The van der Waals surface area contributed by atoms with E-state index in [1.807, 2.05) is 4.90 Å². The first kappa shape index (κ1) is 15.0. The summed E-state index contributed by atoms with van der Waals surface area (Å²) in [6, 6.07) is 2.28. The summed E-state index contributed by atoms with van der Waals surface area (Å²) in [5.41, 5.74) is -0.984. The van der Waals surface area contributed by atoms with Gasteiger partial charge >= 0.3 is 6.18 Å². The summed E-state index contributed by atoms with van der Waals surface area (Å²) in [5.74, 6) is 0.443. The van der Waals surface area contributed by atoms with Crippen LogP contribution in [-0.2, 0) is 10.9 Å². The van der Waals surface area contributed by atoms with E-state index in [-0.39, 0.29) is 12.7 Å². The van der Waals surface area contributed by atoms with Crippen LogP contribution in [0.15, 0.2) is 12.1 Å². The minimum Gasteiger partial charge on any atom is -0.394 e. The molecule has 1 N–H and O–H groups in total. The summed E-state index contributed by atoms with van der Waals surface area (Å²) in [5, 5.41) is 15.5. The summed E-state index contributed by atoms with van der Waals surface area (Å²) in [7, 11) is 0. The van der Waals surface area contributed by atoms with Gasteiger partial charge in [-0.1, -0.05) is 0 Å². The SMILES string of the molecule is OCCOC1CCN(c2ccc(C(F)(F)F)nn2)CC1. The zero-order chi connectivity index (χ0) is 14.6. The van der Waals surface area contributed by atoms with Gasteiger partial charge in [0.1, 0.15) is 0 Å². The highest BCUT2D eigenvalue weighted by molar-refractivity contribution is 5.38. The van der Waals surface area contributed by atoms with Gasteiger partial charge in [0.15, 0.2) is 11.5 Å². The largest absolute Gasteiger partial charge is 0.435 e. The minimum atomic E-state index is -4.46. The molecule has 20 heavy (non-hydrogen) atoms. The Labute approximate surface area is 114 Å². The van der Waals surface area contributed by atoms with Crippen LogP contribution in [0.3, 0.4) is 0 Å². The van der Waals surface area contributed by atoms with Crippen molar-refractivity contribution in [1.29, 1.82) is 0 Å². The molecule has 0 bridgehead atoms. The molecule has 0 atom stereocenters. The molecule has 0 spiro atoms. The van der Waals surface area contributed by atoms with Crippen LogP contribution in [0.4, 0.5) is 19.0 Å². The molecule has 1 fully saturated rings. The highest BCUT2D eigenvalue weighted by Gasteiger charge is 2.33. The Morgan fingerprint density at radius 2 is 1.95 bits per heavy atom. The molecular weight excluding hydrogens is 275 g/mol. The van der Waals surface area contributed by atoms with Gasteiger partial charge in [0, 0.05) is 13.1 Å². The molecule has 2 heterocycles. The topological polar surface area (TPSA) is 58.5 Å². The third kappa shape index (κ3) is 3.80. The fourth-order valence-corrected chi connectivity index (χ4v) is 2.12. The Kier molecular flexibility index (Phi) is 4.77. The number of aromatic nitrogens is 2. The summed E-state index contributed by atoms with van der Waals surface area (Å²) < 4.78 is 42.6. The molecule has 112 valence electrons. The van der Waals surface area contributed by atoms with E-state index >= 15 is 0 Å². The molecule has 0 unspecified atom stereocenters. The first-order chi connectivity index (χ1) is 9.50. The number of nitrogens with zero attached hydrogens (tertiary/aromatic N) is 3. The first-order valence-corrected chi connectivity index (χ1v) is 6.39. The fraction of sp³-hybridized carbons (Fsp3) is 0.667. The van der Waals surface area contributed by atoms with Crippen LogP contribution in [0, 0.1) is 0 Å². The van der Waals surface area contributed by atoms with Gasteiger partial charge in [0.25, 0.3) is 0 Å². The van der Waals surface area contributed by atoms with Crippen molar-refractivity contribution in [3.05, 3.63) is 17.8 Å². The molecule has 2 rings (SSSR count). The fourth-order valence-electron chi connectivity index (χ4n) is 2.12. The molecule has 0 saturated carbocycles. The highest BCUT2D eigenvalue weighted by atomic mass is 19.4. The lowest BCUT2D eigenvalue weighted by molar-refractivity contribution is -0.141. The Morgan fingerprint density at radius 1 is 1.25 bits per heavy atom. The summed E-state index contributed by atoms with van der Waals surface area (Å²) in [6.45, 7) is 1.60. The molecule has 0 radical (unpaired) electrons. The molecule has 1 aromatic heterocycles. The quantitative estimate of drug-likeness (QED) is 0.910. The number of ether oxygens (including phenoxy) is 1. The second kappa shape index (κ2) is 6.36. The molecule has 1 saturated heterocycles. The van der Waals surface area contributed by atoms with E-state index < -0.39 is 11.9 Å². The van der Waals surface area contributed by atoms with E-state index in [4.69, 9.17) is 9.84 Å². The standard InChI is InChI=1S/C12H16F3N3O2/c13-12(14,15)10-1-2-11(17-16-10)18-5-3-9(4-6-18)20-8-7-19/h1-2,9,19H,3-8H2. The monoisotopic (exact) mass is 291 g/mol. The zero-order valence-electron chi connectivity index (χ0n) is 10.8. The molecule has 0 aromatic carbocycles. The number of hydrogen-bond donors (Lipinski definition) is 1.